The van der Waals surface area contributed by atoms with Gasteiger partial charge in [-0.05, 0) is 30.8 Å². The Kier molecular flexibility index (Phi) is 13.7. The van der Waals surface area contributed by atoms with Crippen LogP contribution in [0.3, 0.4) is 0 Å². The van der Waals surface area contributed by atoms with E-state index in [-0.39, 0.29) is 0 Å². The van der Waals surface area contributed by atoms with Gasteiger partial charge in [0.15, 0.2) is 0 Å². The Morgan fingerprint density at radius 1 is 1.17 bits per heavy atom. The summed E-state index contributed by atoms with van der Waals surface area (Å²) in [6, 6.07) is 0. The average Bonchev–Trinajstić information content (AvgIpc) is 2.92. The van der Waals surface area contributed by atoms with E-state index in [9.17, 15) is 4.79 Å². The fourth-order valence-electron chi connectivity index (χ4n) is 1.75. The minimum atomic E-state index is -0.795. The van der Waals surface area contributed by atoms with Crippen molar-refractivity contribution in [3.05, 3.63) is 0 Å². The van der Waals surface area contributed by atoms with Crippen LogP contribution in [0.15, 0.2) is 0 Å². The number of thiol groups is 1. The number of hydrogen-bond donors (Lipinski definition) is 2. The van der Waals surface area contributed by atoms with E-state index in [1.807, 2.05) is 0 Å². The van der Waals surface area contributed by atoms with E-state index >= 15 is 0 Å². The van der Waals surface area contributed by atoms with Gasteiger partial charge in [0.25, 0.3) is 0 Å². The zero-order valence-electron chi connectivity index (χ0n) is 11.6. The minimum Gasteiger partial charge on any atom is -0.480 e. The Hall–Kier alpha value is 0.170. The van der Waals surface area contributed by atoms with E-state index in [1.54, 1.807) is 0 Å². The molecule has 1 heterocycles. The summed E-state index contributed by atoms with van der Waals surface area (Å²) in [4.78, 5) is 10.4. The monoisotopic (exact) mass is 292 g/mol. The van der Waals surface area contributed by atoms with Crippen LogP contribution in [0.1, 0.15) is 64.7 Å². The Morgan fingerprint density at radius 3 is 2.17 bits per heavy atom. The molecule has 1 rings (SSSR count). The molecular formula is C14H28O2S2. The third-order valence-corrected chi connectivity index (χ3v) is 4.58. The molecule has 18 heavy (non-hydrogen) atoms. The van der Waals surface area contributed by atoms with Gasteiger partial charge in [0.2, 0.25) is 0 Å². The lowest BCUT2D eigenvalue weighted by molar-refractivity contribution is -0.136. The Balaban J connectivity index is 0.000000473. The second-order valence-electron chi connectivity index (χ2n) is 4.73. The predicted molar refractivity (Wildman–Crippen MR) is 85.0 cm³/mol. The molecule has 1 N–H and O–H groups in total. The van der Waals surface area contributed by atoms with E-state index in [4.69, 9.17) is 5.11 Å². The highest BCUT2D eigenvalue weighted by Gasteiger charge is 2.10. The summed E-state index contributed by atoms with van der Waals surface area (Å²) in [5, 5.41) is 8.08. The normalized spacial score (nSPS) is 15.9. The van der Waals surface area contributed by atoms with Gasteiger partial charge in [-0.1, -0.05) is 45.4 Å². The molecule has 4 heteroatoms. The lowest BCUT2D eigenvalue weighted by Gasteiger charge is -2.04. The summed E-state index contributed by atoms with van der Waals surface area (Å²) in [6.45, 7) is 2.19. The van der Waals surface area contributed by atoms with Gasteiger partial charge in [0.1, 0.15) is 0 Å². The van der Waals surface area contributed by atoms with Crippen molar-refractivity contribution < 1.29 is 9.90 Å². The molecule has 1 unspecified atom stereocenters. The summed E-state index contributed by atoms with van der Waals surface area (Å²) in [5.74, 6) is 2.04. The highest BCUT2D eigenvalue weighted by Crippen LogP contribution is 2.14. The summed E-state index contributed by atoms with van der Waals surface area (Å²) >= 11 is 6.04. The van der Waals surface area contributed by atoms with Crippen LogP contribution in [0.4, 0.5) is 0 Å². The molecule has 0 aromatic carbocycles. The number of carboxylic acid groups (broad SMARTS) is 1. The fourth-order valence-corrected chi connectivity index (χ4v) is 2.95. The number of hydrogen-bond acceptors (Lipinski definition) is 3. The number of aliphatic carboxylic acids is 1. The van der Waals surface area contributed by atoms with E-state index in [0.717, 1.165) is 12.8 Å². The van der Waals surface area contributed by atoms with Crippen LogP contribution in [-0.4, -0.2) is 27.8 Å². The zero-order valence-corrected chi connectivity index (χ0v) is 13.3. The van der Waals surface area contributed by atoms with Crippen LogP contribution >= 0.6 is 24.4 Å². The number of thioether (sulfide) groups is 1. The number of carbonyl (C=O) groups is 1. The predicted octanol–water partition coefficient (Wildman–Crippen LogP) is 4.63. The molecule has 0 aromatic rings. The standard InChI is InChI=1S/C10H20O2S.C4H8S/c1-2-3-4-5-6-7-8-9(13)10(11)12;1-2-4-5-3-1/h9,13H,2-8H2,1H3,(H,11,12);1-4H2. The van der Waals surface area contributed by atoms with Crippen molar-refractivity contribution in [3.8, 4) is 0 Å². The van der Waals surface area contributed by atoms with Gasteiger partial charge < -0.3 is 5.11 Å². The van der Waals surface area contributed by atoms with Crippen LogP contribution in [0, 0.1) is 0 Å². The zero-order chi connectivity index (χ0) is 13.6. The molecule has 0 radical (unpaired) electrons. The van der Waals surface area contributed by atoms with Gasteiger partial charge in [-0.15, -0.1) is 0 Å². The van der Waals surface area contributed by atoms with Gasteiger partial charge in [0, 0.05) is 0 Å². The third kappa shape index (κ3) is 12.6. The maximum Gasteiger partial charge on any atom is 0.316 e. The summed E-state index contributed by atoms with van der Waals surface area (Å²) < 4.78 is 0. The largest absolute Gasteiger partial charge is 0.480 e. The molecular weight excluding hydrogens is 264 g/mol. The van der Waals surface area contributed by atoms with Crippen LogP contribution in [0.25, 0.3) is 0 Å². The molecule has 0 aliphatic carbocycles. The number of carboxylic acids is 1. The van der Waals surface area contributed by atoms with Crippen molar-refractivity contribution in [2.45, 2.75) is 70.0 Å². The lowest BCUT2D eigenvalue weighted by atomic mass is 10.1. The van der Waals surface area contributed by atoms with Crippen molar-refractivity contribution in [1.82, 2.24) is 0 Å². The van der Waals surface area contributed by atoms with Gasteiger partial charge in [-0.3, -0.25) is 4.79 Å². The van der Waals surface area contributed by atoms with Gasteiger partial charge in [-0.2, -0.15) is 24.4 Å². The number of unbranched alkanes of at least 4 members (excludes halogenated alkanes) is 5. The van der Waals surface area contributed by atoms with Crippen molar-refractivity contribution in [2.24, 2.45) is 0 Å². The first-order valence-electron chi connectivity index (χ1n) is 7.17. The highest BCUT2D eigenvalue weighted by molar-refractivity contribution is 7.99. The molecule has 1 aliphatic heterocycles. The van der Waals surface area contributed by atoms with Gasteiger partial charge in [0.05, 0.1) is 5.25 Å². The van der Waals surface area contributed by atoms with E-state index in [0.29, 0.717) is 6.42 Å². The molecule has 1 aliphatic rings. The maximum absolute atomic E-state index is 10.4. The summed E-state index contributed by atoms with van der Waals surface area (Å²) in [6.07, 6.45) is 10.8. The Morgan fingerprint density at radius 2 is 1.72 bits per heavy atom. The van der Waals surface area contributed by atoms with Gasteiger partial charge in [-0.25, -0.2) is 0 Å². The van der Waals surface area contributed by atoms with Crippen molar-refractivity contribution in [2.75, 3.05) is 11.5 Å². The molecule has 0 saturated carbocycles. The minimum absolute atomic E-state index is 0.467. The molecule has 2 nitrogen and oxygen atoms in total. The molecule has 0 amide bonds. The first-order valence-corrected chi connectivity index (χ1v) is 8.84. The highest BCUT2D eigenvalue weighted by atomic mass is 32.2. The van der Waals surface area contributed by atoms with Crippen LogP contribution in [-0.2, 0) is 4.79 Å². The molecule has 0 aromatic heterocycles. The Labute approximate surface area is 122 Å². The smallest absolute Gasteiger partial charge is 0.316 e. The average molecular weight is 293 g/mol. The van der Waals surface area contributed by atoms with Crippen molar-refractivity contribution in [3.63, 3.8) is 0 Å². The summed E-state index contributed by atoms with van der Waals surface area (Å²) in [5.41, 5.74) is 0. The van der Waals surface area contributed by atoms with Crippen LogP contribution in [0.2, 0.25) is 0 Å². The molecule has 1 atom stereocenters. The topological polar surface area (TPSA) is 37.3 Å². The molecule has 1 saturated heterocycles. The first kappa shape index (κ1) is 18.2. The molecule has 1 fully saturated rings. The SMILES string of the molecule is C1CCSC1.CCCCCCCCC(S)C(=O)O. The molecule has 108 valence electrons. The third-order valence-electron chi connectivity index (χ3n) is 2.94. The quantitative estimate of drug-likeness (QED) is 0.506. The lowest BCUT2D eigenvalue weighted by Crippen LogP contribution is -2.12. The van der Waals surface area contributed by atoms with Crippen molar-refractivity contribution in [1.29, 1.82) is 0 Å². The first-order chi connectivity index (χ1) is 8.68. The maximum atomic E-state index is 10.4. The van der Waals surface area contributed by atoms with E-state index in [2.05, 4.69) is 31.3 Å². The Bertz CT molecular complexity index is 187. The molecule has 0 bridgehead atoms. The second-order valence-corrected chi connectivity index (χ2v) is 6.58. The van der Waals surface area contributed by atoms with E-state index in [1.165, 1.54) is 50.0 Å². The second kappa shape index (κ2) is 13.6. The number of rotatable bonds is 8. The molecule has 0 spiro atoms. The van der Waals surface area contributed by atoms with Gasteiger partial charge >= 0.3 is 5.97 Å². The van der Waals surface area contributed by atoms with Crippen LogP contribution < -0.4 is 0 Å². The fraction of sp³-hybridized carbons (Fsp3) is 0.929. The summed E-state index contributed by atoms with van der Waals surface area (Å²) in [7, 11) is 0. The van der Waals surface area contributed by atoms with Crippen LogP contribution in [0.5, 0.6) is 0 Å². The van der Waals surface area contributed by atoms with Crippen molar-refractivity contribution >= 4 is 30.4 Å². The van der Waals surface area contributed by atoms with E-state index < -0.39 is 11.2 Å².